The Balaban J connectivity index is 1.75. The summed E-state index contributed by atoms with van der Waals surface area (Å²) in [6.45, 7) is 2.06. The van der Waals surface area contributed by atoms with Crippen LogP contribution in [-0.4, -0.2) is 19.9 Å². The first kappa shape index (κ1) is 14.4. The van der Waals surface area contributed by atoms with E-state index in [1.807, 2.05) is 0 Å². The highest BCUT2D eigenvalue weighted by atomic mass is 35.5. The van der Waals surface area contributed by atoms with Crippen LogP contribution in [0.4, 0.5) is 5.82 Å². The fraction of sp³-hybridized carbons (Fsp3) is 0.125. The molecule has 0 bridgehead atoms. The number of anilines is 1. The van der Waals surface area contributed by atoms with Gasteiger partial charge >= 0.3 is 0 Å². The Labute approximate surface area is 133 Å². The van der Waals surface area contributed by atoms with E-state index in [4.69, 9.17) is 11.6 Å². The summed E-state index contributed by atoms with van der Waals surface area (Å²) in [7, 11) is 0. The molecule has 0 fully saturated rings. The molecule has 0 unspecified atom stereocenters. The molecule has 5 nitrogen and oxygen atoms in total. The maximum atomic E-state index is 5.84. The molecule has 110 valence electrons. The number of rotatable bonds is 4. The first-order valence-electron chi connectivity index (χ1n) is 6.82. The van der Waals surface area contributed by atoms with Gasteiger partial charge in [-0.3, -0.25) is 4.98 Å². The Hall–Kier alpha value is -2.53. The van der Waals surface area contributed by atoms with Crippen LogP contribution in [0.1, 0.15) is 18.5 Å². The van der Waals surface area contributed by atoms with Crippen molar-refractivity contribution in [2.75, 3.05) is 5.32 Å². The average molecular weight is 312 g/mol. The van der Waals surface area contributed by atoms with E-state index >= 15 is 0 Å². The lowest BCUT2D eigenvalue weighted by Gasteiger charge is -2.15. The van der Waals surface area contributed by atoms with Gasteiger partial charge in [-0.05, 0) is 18.1 Å². The quantitative estimate of drug-likeness (QED) is 0.794. The second kappa shape index (κ2) is 6.49. The van der Waals surface area contributed by atoms with E-state index in [1.165, 1.54) is 12.5 Å². The second-order valence-corrected chi connectivity index (χ2v) is 5.23. The van der Waals surface area contributed by atoms with E-state index in [1.54, 1.807) is 18.6 Å². The number of aromatic nitrogens is 4. The molecule has 0 aliphatic rings. The smallest absolute Gasteiger partial charge is 0.149 e. The summed E-state index contributed by atoms with van der Waals surface area (Å²) < 4.78 is 0. The summed E-state index contributed by atoms with van der Waals surface area (Å²) in [5, 5.41) is 3.65. The Morgan fingerprint density at radius 2 is 1.64 bits per heavy atom. The highest BCUT2D eigenvalue weighted by molar-refractivity contribution is 6.29. The van der Waals surface area contributed by atoms with Crippen molar-refractivity contribution in [3.05, 3.63) is 66.1 Å². The number of benzene rings is 1. The molecule has 0 amide bonds. The predicted molar refractivity (Wildman–Crippen MR) is 86.5 cm³/mol. The van der Waals surface area contributed by atoms with Crippen LogP contribution in [0.15, 0.2) is 55.4 Å². The number of nitrogens with one attached hydrogen (secondary N) is 1. The Kier molecular flexibility index (Phi) is 4.25. The molecule has 2 aromatic heterocycles. The molecule has 1 N–H and O–H groups in total. The lowest BCUT2D eigenvalue weighted by atomic mass is 10.0. The molecule has 1 aromatic carbocycles. The van der Waals surface area contributed by atoms with E-state index in [9.17, 15) is 0 Å². The van der Waals surface area contributed by atoms with Gasteiger partial charge in [0.2, 0.25) is 0 Å². The van der Waals surface area contributed by atoms with Crippen LogP contribution in [-0.2, 0) is 0 Å². The van der Waals surface area contributed by atoms with Gasteiger partial charge in [0.25, 0.3) is 0 Å². The van der Waals surface area contributed by atoms with Crippen molar-refractivity contribution in [3.8, 4) is 11.1 Å². The lowest BCUT2D eigenvalue weighted by molar-refractivity contribution is 0.871. The van der Waals surface area contributed by atoms with Crippen LogP contribution < -0.4 is 5.32 Å². The van der Waals surface area contributed by atoms with Crippen molar-refractivity contribution in [1.29, 1.82) is 0 Å². The van der Waals surface area contributed by atoms with Crippen LogP contribution >= 0.6 is 11.6 Å². The van der Waals surface area contributed by atoms with Crippen molar-refractivity contribution in [3.63, 3.8) is 0 Å². The molecule has 0 saturated carbocycles. The summed E-state index contributed by atoms with van der Waals surface area (Å²) in [6.07, 6.45) is 8.28. The molecule has 0 aliphatic heterocycles. The van der Waals surface area contributed by atoms with Gasteiger partial charge in [-0.1, -0.05) is 35.9 Å². The molecular weight excluding hydrogens is 298 g/mol. The third-order valence-corrected chi connectivity index (χ3v) is 3.46. The summed E-state index contributed by atoms with van der Waals surface area (Å²) >= 11 is 5.84. The molecule has 22 heavy (non-hydrogen) atoms. The molecule has 0 radical (unpaired) electrons. The molecule has 0 saturated heterocycles. The average Bonchev–Trinajstić information content (AvgIpc) is 2.56. The van der Waals surface area contributed by atoms with E-state index in [2.05, 4.69) is 56.4 Å². The van der Waals surface area contributed by atoms with Crippen LogP contribution in [0, 0.1) is 0 Å². The molecule has 1 atom stereocenters. The number of hydrogen-bond donors (Lipinski definition) is 1. The molecule has 2 heterocycles. The van der Waals surface area contributed by atoms with Crippen molar-refractivity contribution in [2.45, 2.75) is 13.0 Å². The minimum absolute atomic E-state index is 0.0915. The van der Waals surface area contributed by atoms with Crippen molar-refractivity contribution in [2.24, 2.45) is 0 Å². The normalized spacial score (nSPS) is 11.9. The summed E-state index contributed by atoms with van der Waals surface area (Å²) in [6, 6.07) is 8.33. The SMILES string of the molecule is C[C@@H](Nc1cncc(Cl)n1)c1ccc(-c2cncnc2)cc1. The minimum atomic E-state index is 0.0915. The maximum Gasteiger partial charge on any atom is 0.149 e. The predicted octanol–water partition coefficient (Wildman–Crippen LogP) is 3.76. The van der Waals surface area contributed by atoms with E-state index in [0.717, 1.165) is 16.7 Å². The Bertz CT molecular complexity index is 746. The summed E-state index contributed by atoms with van der Waals surface area (Å²) in [5.41, 5.74) is 3.22. The van der Waals surface area contributed by atoms with Gasteiger partial charge in [-0.25, -0.2) is 15.0 Å². The van der Waals surface area contributed by atoms with Crippen LogP contribution in [0.5, 0.6) is 0 Å². The number of nitrogens with zero attached hydrogens (tertiary/aromatic N) is 4. The van der Waals surface area contributed by atoms with Crippen molar-refractivity contribution in [1.82, 2.24) is 19.9 Å². The van der Waals surface area contributed by atoms with Crippen LogP contribution in [0.3, 0.4) is 0 Å². The summed E-state index contributed by atoms with van der Waals surface area (Å²) in [4.78, 5) is 16.3. The largest absolute Gasteiger partial charge is 0.362 e. The van der Waals surface area contributed by atoms with Gasteiger partial charge in [0, 0.05) is 24.0 Å². The second-order valence-electron chi connectivity index (χ2n) is 4.84. The monoisotopic (exact) mass is 311 g/mol. The van der Waals surface area contributed by atoms with Crippen LogP contribution in [0.2, 0.25) is 5.15 Å². The fourth-order valence-corrected chi connectivity index (χ4v) is 2.28. The van der Waals surface area contributed by atoms with Crippen molar-refractivity contribution >= 4 is 17.4 Å². The lowest BCUT2D eigenvalue weighted by Crippen LogP contribution is -2.08. The first-order chi connectivity index (χ1) is 10.7. The van der Waals surface area contributed by atoms with Crippen molar-refractivity contribution < 1.29 is 0 Å². The molecule has 0 aliphatic carbocycles. The van der Waals surface area contributed by atoms with Crippen LogP contribution in [0.25, 0.3) is 11.1 Å². The third kappa shape index (κ3) is 3.38. The van der Waals surface area contributed by atoms with Gasteiger partial charge < -0.3 is 5.32 Å². The van der Waals surface area contributed by atoms with Gasteiger partial charge in [-0.15, -0.1) is 0 Å². The zero-order valence-electron chi connectivity index (χ0n) is 11.9. The maximum absolute atomic E-state index is 5.84. The Morgan fingerprint density at radius 3 is 2.32 bits per heavy atom. The molecular formula is C16H14ClN5. The van der Waals surface area contributed by atoms with E-state index in [0.29, 0.717) is 11.0 Å². The van der Waals surface area contributed by atoms with Gasteiger partial charge in [-0.2, -0.15) is 0 Å². The minimum Gasteiger partial charge on any atom is -0.362 e. The van der Waals surface area contributed by atoms with E-state index in [-0.39, 0.29) is 6.04 Å². The highest BCUT2D eigenvalue weighted by Crippen LogP contribution is 2.22. The van der Waals surface area contributed by atoms with Gasteiger partial charge in [0.15, 0.2) is 0 Å². The standard InChI is InChI=1S/C16H14ClN5/c1-11(21-16-9-18-8-15(17)22-16)12-2-4-13(5-3-12)14-6-19-10-20-7-14/h2-11H,1H3,(H,21,22)/t11-/m1/s1. The Morgan fingerprint density at radius 1 is 0.909 bits per heavy atom. The molecule has 3 rings (SSSR count). The highest BCUT2D eigenvalue weighted by Gasteiger charge is 2.07. The molecule has 0 spiro atoms. The first-order valence-corrected chi connectivity index (χ1v) is 7.19. The number of hydrogen-bond acceptors (Lipinski definition) is 5. The van der Waals surface area contributed by atoms with Gasteiger partial charge in [0.05, 0.1) is 12.4 Å². The zero-order valence-corrected chi connectivity index (χ0v) is 12.7. The zero-order chi connectivity index (χ0) is 15.4. The summed E-state index contributed by atoms with van der Waals surface area (Å²) in [5.74, 6) is 0.653. The molecule has 3 aromatic rings. The number of halogens is 1. The van der Waals surface area contributed by atoms with Gasteiger partial charge in [0.1, 0.15) is 17.3 Å². The topological polar surface area (TPSA) is 63.6 Å². The third-order valence-electron chi connectivity index (χ3n) is 3.27. The fourth-order valence-electron chi connectivity index (χ4n) is 2.13. The molecule has 6 heteroatoms. The van der Waals surface area contributed by atoms with E-state index < -0.39 is 0 Å².